The van der Waals surface area contributed by atoms with E-state index in [0.717, 1.165) is 30.8 Å². The molecule has 0 radical (unpaired) electrons. The fraction of sp³-hybridized carbons (Fsp3) is 0.278. The number of hydrogen-bond acceptors (Lipinski definition) is 3. The van der Waals surface area contributed by atoms with Gasteiger partial charge in [0.15, 0.2) is 0 Å². The maximum absolute atomic E-state index is 11.9. The molecule has 0 bridgehead atoms. The lowest BCUT2D eigenvalue weighted by molar-refractivity contribution is -0.117. The Morgan fingerprint density at radius 3 is 3.18 bits per heavy atom. The van der Waals surface area contributed by atoms with Crippen LogP contribution in [0.3, 0.4) is 0 Å². The monoisotopic (exact) mass is 313 g/mol. The molecule has 4 heteroatoms. The van der Waals surface area contributed by atoms with E-state index < -0.39 is 0 Å². The number of nitrogens with one attached hydrogen (secondary N) is 1. The number of rotatable bonds is 5. The predicted octanol–water partition coefficient (Wildman–Crippen LogP) is 3.44. The van der Waals surface area contributed by atoms with Crippen molar-refractivity contribution in [3.63, 3.8) is 0 Å². The molecule has 1 aromatic carbocycles. The molecule has 1 aliphatic rings. The van der Waals surface area contributed by atoms with Crippen LogP contribution in [0, 0.1) is 0 Å². The highest BCUT2D eigenvalue weighted by Crippen LogP contribution is 2.26. The minimum atomic E-state index is -0.0526. The summed E-state index contributed by atoms with van der Waals surface area (Å²) in [7, 11) is 0. The molecule has 2 aromatic rings. The summed E-state index contributed by atoms with van der Waals surface area (Å²) in [5.74, 6) is 0.947. The Labute approximate surface area is 134 Å². The smallest absolute Gasteiger partial charge is 0.244 e. The van der Waals surface area contributed by atoms with Gasteiger partial charge in [-0.1, -0.05) is 12.1 Å². The van der Waals surface area contributed by atoms with Gasteiger partial charge in [0.1, 0.15) is 5.75 Å². The van der Waals surface area contributed by atoms with Crippen LogP contribution in [0.15, 0.2) is 41.1 Å². The molecular weight excluding hydrogens is 294 g/mol. The minimum absolute atomic E-state index is 0.0526. The van der Waals surface area contributed by atoms with Crippen molar-refractivity contribution < 1.29 is 9.53 Å². The van der Waals surface area contributed by atoms with Gasteiger partial charge in [-0.2, -0.15) is 11.3 Å². The fourth-order valence-corrected chi connectivity index (χ4v) is 3.23. The number of carbonyl (C=O) groups is 1. The van der Waals surface area contributed by atoms with E-state index in [1.807, 2.05) is 35.9 Å². The summed E-state index contributed by atoms with van der Waals surface area (Å²) < 4.78 is 5.51. The van der Waals surface area contributed by atoms with E-state index in [-0.39, 0.29) is 11.9 Å². The first-order chi connectivity index (χ1) is 10.7. The predicted molar refractivity (Wildman–Crippen MR) is 90.3 cm³/mol. The third-order valence-electron chi connectivity index (χ3n) is 3.65. The molecule has 0 fully saturated rings. The van der Waals surface area contributed by atoms with Gasteiger partial charge < -0.3 is 10.1 Å². The number of amides is 1. The molecule has 0 spiro atoms. The van der Waals surface area contributed by atoms with E-state index in [1.54, 1.807) is 17.4 Å². The molecular formula is C18H19NO2S. The standard InChI is InChI=1S/C18H19NO2S/c1-13(19-18(20)5-3-14-7-9-22-12-14)10-15-2-4-17-16(11-15)6-8-21-17/h2-5,7,9,11-13H,6,8,10H2,1H3,(H,19,20)/b5-3+/t13-/m0/s1. The first-order valence-electron chi connectivity index (χ1n) is 7.46. The minimum Gasteiger partial charge on any atom is -0.493 e. The Hall–Kier alpha value is -2.07. The lowest BCUT2D eigenvalue weighted by Gasteiger charge is -2.13. The van der Waals surface area contributed by atoms with Crippen LogP contribution in [0.5, 0.6) is 5.75 Å². The van der Waals surface area contributed by atoms with E-state index >= 15 is 0 Å². The van der Waals surface area contributed by atoms with Crippen molar-refractivity contribution in [1.82, 2.24) is 5.32 Å². The van der Waals surface area contributed by atoms with Crippen molar-refractivity contribution in [2.45, 2.75) is 25.8 Å². The molecule has 0 saturated heterocycles. The third kappa shape index (κ3) is 3.77. The summed E-state index contributed by atoms with van der Waals surface area (Å²) in [5.41, 5.74) is 3.57. The van der Waals surface area contributed by atoms with Gasteiger partial charge in [0.25, 0.3) is 0 Å². The molecule has 3 rings (SSSR count). The lowest BCUT2D eigenvalue weighted by Crippen LogP contribution is -2.32. The van der Waals surface area contributed by atoms with Gasteiger partial charge in [-0.15, -0.1) is 0 Å². The summed E-state index contributed by atoms with van der Waals surface area (Å²) in [6.45, 7) is 2.80. The number of fused-ring (bicyclic) bond motifs is 1. The van der Waals surface area contributed by atoms with Gasteiger partial charge in [0.05, 0.1) is 6.61 Å². The van der Waals surface area contributed by atoms with Crippen molar-refractivity contribution >= 4 is 23.3 Å². The van der Waals surface area contributed by atoms with E-state index in [0.29, 0.717) is 0 Å². The molecule has 1 N–H and O–H groups in total. The summed E-state index contributed by atoms with van der Waals surface area (Å²) in [6.07, 6.45) is 5.24. The fourth-order valence-electron chi connectivity index (χ4n) is 2.60. The number of ether oxygens (including phenoxy) is 1. The van der Waals surface area contributed by atoms with Gasteiger partial charge in [-0.25, -0.2) is 0 Å². The molecule has 1 amide bonds. The van der Waals surface area contributed by atoms with E-state index in [9.17, 15) is 4.79 Å². The maximum Gasteiger partial charge on any atom is 0.244 e. The van der Waals surface area contributed by atoms with E-state index in [1.165, 1.54) is 11.1 Å². The van der Waals surface area contributed by atoms with Gasteiger partial charge >= 0.3 is 0 Å². The summed E-state index contributed by atoms with van der Waals surface area (Å²) in [5, 5.41) is 7.02. The largest absolute Gasteiger partial charge is 0.493 e. The Kier molecular flexibility index (Phi) is 4.59. The second-order valence-corrected chi connectivity index (χ2v) is 6.32. The molecule has 2 heterocycles. The summed E-state index contributed by atoms with van der Waals surface area (Å²) >= 11 is 1.62. The molecule has 114 valence electrons. The average Bonchev–Trinajstić information content (AvgIpc) is 3.15. The van der Waals surface area contributed by atoms with Crippen molar-refractivity contribution in [2.75, 3.05) is 6.61 Å². The highest BCUT2D eigenvalue weighted by atomic mass is 32.1. The Morgan fingerprint density at radius 2 is 2.36 bits per heavy atom. The van der Waals surface area contributed by atoms with Crippen LogP contribution >= 0.6 is 11.3 Å². The SMILES string of the molecule is C[C@@H](Cc1ccc2c(c1)CCO2)NC(=O)/C=C/c1ccsc1. The van der Waals surface area contributed by atoms with Gasteiger partial charge in [0.2, 0.25) is 5.91 Å². The first-order valence-corrected chi connectivity index (χ1v) is 8.40. The Morgan fingerprint density at radius 1 is 1.45 bits per heavy atom. The highest BCUT2D eigenvalue weighted by molar-refractivity contribution is 7.08. The average molecular weight is 313 g/mol. The van der Waals surface area contributed by atoms with Crippen molar-refractivity contribution in [1.29, 1.82) is 0 Å². The van der Waals surface area contributed by atoms with Crippen molar-refractivity contribution in [3.8, 4) is 5.75 Å². The van der Waals surface area contributed by atoms with Crippen molar-refractivity contribution in [3.05, 3.63) is 57.8 Å². The second kappa shape index (κ2) is 6.79. The van der Waals surface area contributed by atoms with Crippen LogP contribution < -0.4 is 10.1 Å². The van der Waals surface area contributed by atoms with Crippen LogP contribution in [0.2, 0.25) is 0 Å². The third-order valence-corrected chi connectivity index (χ3v) is 4.36. The zero-order valence-electron chi connectivity index (χ0n) is 12.5. The number of hydrogen-bond donors (Lipinski definition) is 1. The normalized spacial score (nSPS) is 14.6. The molecule has 3 nitrogen and oxygen atoms in total. The topological polar surface area (TPSA) is 38.3 Å². The maximum atomic E-state index is 11.9. The number of thiophene rings is 1. The Balaban J connectivity index is 1.53. The number of benzene rings is 1. The summed E-state index contributed by atoms with van der Waals surface area (Å²) in [6, 6.07) is 8.38. The van der Waals surface area contributed by atoms with Crippen LogP contribution in [-0.4, -0.2) is 18.6 Å². The molecule has 0 saturated carbocycles. The zero-order valence-corrected chi connectivity index (χ0v) is 13.4. The molecule has 22 heavy (non-hydrogen) atoms. The van der Waals surface area contributed by atoms with Crippen LogP contribution in [0.4, 0.5) is 0 Å². The quantitative estimate of drug-likeness (QED) is 0.859. The van der Waals surface area contributed by atoms with Gasteiger partial charge in [0, 0.05) is 18.5 Å². The zero-order chi connectivity index (χ0) is 15.4. The van der Waals surface area contributed by atoms with Crippen LogP contribution in [0.1, 0.15) is 23.6 Å². The molecule has 1 aliphatic heterocycles. The van der Waals surface area contributed by atoms with E-state index in [4.69, 9.17) is 4.74 Å². The molecule has 1 aromatic heterocycles. The van der Waals surface area contributed by atoms with Crippen LogP contribution in [0.25, 0.3) is 6.08 Å². The molecule has 1 atom stereocenters. The Bertz CT molecular complexity index is 676. The van der Waals surface area contributed by atoms with E-state index in [2.05, 4.69) is 17.4 Å². The van der Waals surface area contributed by atoms with Gasteiger partial charge in [-0.3, -0.25) is 4.79 Å². The summed E-state index contributed by atoms with van der Waals surface area (Å²) in [4.78, 5) is 11.9. The number of carbonyl (C=O) groups excluding carboxylic acids is 1. The van der Waals surface area contributed by atoms with Crippen LogP contribution in [-0.2, 0) is 17.6 Å². The van der Waals surface area contributed by atoms with Gasteiger partial charge in [-0.05, 0) is 59.0 Å². The first kappa shape index (κ1) is 14.9. The molecule has 0 unspecified atom stereocenters. The molecule has 0 aliphatic carbocycles. The lowest BCUT2D eigenvalue weighted by atomic mass is 10.0. The highest BCUT2D eigenvalue weighted by Gasteiger charge is 2.13. The van der Waals surface area contributed by atoms with Crippen molar-refractivity contribution in [2.24, 2.45) is 0 Å². The second-order valence-electron chi connectivity index (χ2n) is 5.54.